The highest BCUT2D eigenvalue weighted by atomic mass is 16.2. The smallest absolute Gasteiger partial charge is 0.318 e. The van der Waals surface area contributed by atoms with Crippen molar-refractivity contribution in [1.29, 1.82) is 0 Å². The first-order valence-corrected chi connectivity index (χ1v) is 7.46. The maximum Gasteiger partial charge on any atom is 0.318 e. The zero-order chi connectivity index (χ0) is 17.4. The zero-order valence-electron chi connectivity index (χ0n) is 13.3. The van der Waals surface area contributed by atoms with E-state index < -0.39 is 6.03 Å². The minimum atomic E-state index is -0.671. The number of carbonyl (C=O) groups excluding carboxylic acids is 1. The number of imidazole rings is 1. The number of hydrogen-bond donors (Lipinski definition) is 2. The van der Waals surface area contributed by atoms with Gasteiger partial charge in [0.2, 0.25) is 5.95 Å². The van der Waals surface area contributed by atoms with Crippen LogP contribution in [0.25, 0.3) is 27.8 Å². The molecule has 3 aromatic heterocycles. The predicted molar refractivity (Wildman–Crippen MR) is 92.1 cm³/mol. The number of amides is 2. The number of nitrogens with two attached hydrogens (primary N) is 1. The second-order valence-electron chi connectivity index (χ2n) is 5.42. The third-order valence-corrected chi connectivity index (χ3v) is 3.83. The van der Waals surface area contributed by atoms with Crippen LogP contribution in [0, 0.1) is 0 Å². The van der Waals surface area contributed by atoms with Gasteiger partial charge in [0.1, 0.15) is 6.33 Å². The van der Waals surface area contributed by atoms with E-state index in [2.05, 4.69) is 25.4 Å². The number of nitrogens with one attached hydrogen (secondary N) is 1. The lowest BCUT2D eigenvalue weighted by molar-refractivity contribution is 0.259. The number of aryl methyl sites for hydroxylation is 1. The van der Waals surface area contributed by atoms with Gasteiger partial charge in [-0.1, -0.05) is 0 Å². The highest BCUT2D eigenvalue weighted by molar-refractivity contribution is 5.94. The van der Waals surface area contributed by atoms with Crippen LogP contribution in [0.5, 0.6) is 0 Å². The molecule has 1 aromatic carbocycles. The first-order chi connectivity index (χ1) is 12.1. The van der Waals surface area contributed by atoms with Crippen LogP contribution in [-0.4, -0.2) is 35.3 Å². The molecule has 0 saturated carbocycles. The molecule has 124 valence electrons. The van der Waals surface area contributed by atoms with Crippen LogP contribution in [0.3, 0.4) is 0 Å². The molecule has 9 heteroatoms. The minimum Gasteiger partial charge on any atom is -0.351 e. The summed E-state index contributed by atoms with van der Waals surface area (Å²) in [6, 6.07) is 5.05. The number of fused-ring (bicyclic) bond motifs is 1. The van der Waals surface area contributed by atoms with E-state index in [-0.39, 0.29) is 0 Å². The molecule has 0 bridgehead atoms. The molecular weight excluding hydrogens is 320 g/mol. The molecule has 0 radical (unpaired) electrons. The Hall–Kier alpha value is -3.75. The Kier molecular flexibility index (Phi) is 3.38. The van der Waals surface area contributed by atoms with E-state index in [1.54, 1.807) is 34.9 Å². The van der Waals surface area contributed by atoms with E-state index in [4.69, 9.17) is 5.73 Å². The van der Waals surface area contributed by atoms with Crippen molar-refractivity contribution >= 4 is 23.0 Å². The van der Waals surface area contributed by atoms with Crippen LogP contribution in [0.15, 0.2) is 49.3 Å². The van der Waals surface area contributed by atoms with Crippen molar-refractivity contribution in [2.75, 3.05) is 5.32 Å². The number of aromatic nitrogens is 6. The van der Waals surface area contributed by atoms with E-state index in [1.807, 2.05) is 24.4 Å². The average Bonchev–Trinajstić information content (AvgIpc) is 3.24. The van der Waals surface area contributed by atoms with Gasteiger partial charge in [0.25, 0.3) is 0 Å². The van der Waals surface area contributed by atoms with E-state index in [9.17, 15) is 4.79 Å². The number of nitrogens with zero attached hydrogens (tertiary/aromatic N) is 6. The third-order valence-electron chi connectivity index (χ3n) is 3.83. The zero-order valence-corrected chi connectivity index (χ0v) is 13.3. The van der Waals surface area contributed by atoms with E-state index in [0.717, 1.165) is 22.3 Å². The first-order valence-electron chi connectivity index (χ1n) is 7.46. The number of rotatable bonds is 3. The molecule has 0 aliphatic carbocycles. The van der Waals surface area contributed by atoms with E-state index in [0.29, 0.717) is 11.5 Å². The molecule has 0 atom stereocenters. The van der Waals surface area contributed by atoms with Gasteiger partial charge in [-0.25, -0.2) is 24.4 Å². The molecule has 0 saturated heterocycles. The van der Waals surface area contributed by atoms with Gasteiger partial charge in [-0.15, -0.1) is 0 Å². The Morgan fingerprint density at radius 2 is 2.00 bits per heavy atom. The van der Waals surface area contributed by atoms with Crippen LogP contribution in [0.2, 0.25) is 0 Å². The number of primary amides is 1. The van der Waals surface area contributed by atoms with Gasteiger partial charge >= 0.3 is 6.03 Å². The van der Waals surface area contributed by atoms with Gasteiger partial charge in [-0.3, -0.25) is 5.32 Å². The summed E-state index contributed by atoms with van der Waals surface area (Å²) in [5.74, 6) is 0.359. The molecule has 2 amide bonds. The Labute approximate surface area is 142 Å². The molecule has 0 aliphatic rings. The molecule has 3 heterocycles. The Morgan fingerprint density at radius 3 is 2.68 bits per heavy atom. The van der Waals surface area contributed by atoms with E-state index >= 15 is 0 Å². The minimum absolute atomic E-state index is 0.359. The normalized spacial score (nSPS) is 10.9. The van der Waals surface area contributed by atoms with Crippen molar-refractivity contribution in [3.63, 3.8) is 0 Å². The standard InChI is InChI=1S/C16H14N8O/c1-23-14-12(21-16(23)22-15(17)25)5-10(11-7-18-9-19-8-11)6-13(14)24-4-2-3-20-24/h2-9H,1H3,(H3,17,21,22,25). The van der Waals surface area contributed by atoms with Crippen LogP contribution < -0.4 is 11.1 Å². The van der Waals surface area contributed by atoms with Crippen LogP contribution in [0.1, 0.15) is 0 Å². The van der Waals surface area contributed by atoms with Crippen molar-refractivity contribution in [3.8, 4) is 16.8 Å². The molecule has 0 spiro atoms. The molecule has 9 nitrogen and oxygen atoms in total. The first kappa shape index (κ1) is 14.8. The third kappa shape index (κ3) is 2.57. The van der Waals surface area contributed by atoms with Crippen LogP contribution in [-0.2, 0) is 7.05 Å². The summed E-state index contributed by atoms with van der Waals surface area (Å²) in [6.07, 6.45) is 8.47. The fourth-order valence-corrected chi connectivity index (χ4v) is 2.75. The van der Waals surface area contributed by atoms with Gasteiger partial charge in [0.05, 0.1) is 16.7 Å². The molecule has 0 unspecified atom stereocenters. The summed E-state index contributed by atoms with van der Waals surface area (Å²) in [4.78, 5) is 23.8. The van der Waals surface area contributed by atoms with Gasteiger partial charge in [-0.2, -0.15) is 5.10 Å². The molecular formula is C16H14N8O. The second-order valence-corrected chi connectivity index (χ2v) is 5.42. The molecule has 4 aromatic rings. The molecule has 25 heavy (non-hydrogen) atoms. The maximum atomic E-state index is 11.2. The van der Waals surface area contributed by atoms with Crippen molar-refractivity contribution < 1.29 is 4.79 Å². The lowest BCUT2D eigenvalue weighted by Crippen LogP contribution is -2.21. The summed E-state index contributed by atoms with van der Waals surface area (Å²) in [5, 5.41) is 6.85. The Bertz CT molecular complexity index is 1050. The van der Waals surface area contributed by atoms with Crippen molar-refractivity contribution in [2.45, 2.75) is 0 Å². The summed E-state index contributed by atoms with van der Waals surface area (Å²) >= 11 is 0. The lowest BCUT2D eigenvalue weighted by Gasteiger charge is -2.09. The Morgan fingerprint density at radius 1 is 1.20 bits per heavy atom. The second kappa shape index (κ2) is 5.71. The van der Waals surface area contributed by atoms with Crippen molar-refractivity contribution in [3.05, 3.63) is 49.3 Å². The van der Waals surface area contributed by atoms with Gasteiger partial charge in [0.15, 0.2) is 0 Å². The summed E-state index contributed by atoms with van der Waals surface area (Å²) < 4.78 is 3.51. The molecule has 0 fully saturated rings. The van der Waals surface area contributed by atoms with Crippen molar-refractivity contribution in [2.24, 2.45) is 12.8 Å². The topological polar surface area (TPSA) is 117 Å². The molecule has 0 aliphatic heterocycles. The Balaban J connectivity index is 2.01. The summed E-state index contributed by atoms with van der Waals surface area (Å²) in [6.45, 7) is 0. The largest absolute Gasteiger partial charge is 0.351 e. The van der Waals surface area contributed by atoms with Gasteiger partial charge < -0.3 is 10.3 Å². The average molecular weight is 334 g/mol. The fourth-order valence-electron chi connectivity index (χ4n) is 2.75. The SMILES string of the molecule is Cn1c(NC(N)=O)nc2cc(-c3cncnc3)cc(-n3cccn3)c21. The highest BCUT2D eigenvalue weighted by Crippen LogP contribution is 2.30. The van der Waals surface area contributed by atoms with Gasteiger partial charge in [0, 0.05) is 37.4 Å². The van der Waals surface area contributed by atoms with Crippen LogP contribution in [0.4, 0.5) is 10.7 Å². The molecule has 3 N–H and O–H groups in total. The quantitative estimate of drug-likeness (QED) is 0.591. The number of anilines is 1. The van der Waals surface area contributed by atoms with E-state index in [1.165, 1.54) is 6.33 Å². The summed E-state index contributed by atoms with van der Waals surface area (Å²) in [5.41, 5.74) is 9.30. The van der Waals surface area contributed by atoms with Gasteiger partial charge in [-0.05, 0) is 23.8 Å². The van der Waals surface area contributed by atoms with Crippen LogP contribution >= 0.6 is 0 Å². The number of urea groups is 1. The van der Waals surface area contributed by atoms with Crippen molar-refractivity contribution in [1.82, 2.24) is 29.3 Å². The maximum absolute atomic E-state index is 11.2. The lowest BCUT2D eigenvalue weighted by atomic mass is 10.1. The predicted octanol–water partition coefficient (Wildman–Crippen LogP) is 1.71. The molecule has 4 rings (SSSR count). The fraction of sp³-hybridized carbons (Fsp3) is 0.0625. The highest BCUT2D eigenvalue weighted by Gasteiger charge is 2.16. The number of benzene rings is 1. The number of hydrogen-bond acceptors (Lipinski definition) is 5. The number of carbonyl (C=O) groups is 1. The monoisotopic (exact) mass is 334 g/mol. The summed E-state index contributed by atoms with van der Waals surface area (Å²) in [7, 11) is 1.80.